The van der Waals surface area contributed by atoms with Gasteiger partial charge in [-0.25, -0.2) is 4.79 Å². The third kappa shape index (κ3) is 5.19. The van der Waals surface area contributed by atoms with Crippen molar-refractivity contribution in [2.24, 2.45) is 0 Å². The Morgan fingerprint density at radius 1 is 0.958 bits per heavy atom. The second-order valence-electron chi connectivity index (χ2n) is 5.14. The van der Waals surface area contributed by atoms with Crippen LogP contribution in [0.25, 0.3) is 11.1 Å². The predicted octanol–water partition coefficient (Wildman–Crippen LogP) is 3.60. The minimum absolute atomic E-state index is 0.229. The van der Waals surface area contributed by atoms with E-state index < -0.39 is 12.3 Å². The third-order valence-corrected chi connectivity index (χ3v) is 3.41. The lowest BCUT2D eigenvalue weighted by molar-refractivity contribution is -0.138. The quantitative estimate of drug-likeness (QED) is 0.349. The average Bonchev–Trinajstić information content (AvgIpc) is 2.65. The lowest BCUT2D eigenvalue weighted by Crippen LogP contribution is -2.07. The molecule has 0 aliphatic heterocycles. The number of carbonyl (C=O) groups excluding carboxylic acids is 1. The minimum atomic E-state index is -0.951. The second kappa shape index (κ2) is 8.82. The zero-order valence-corrected chi connectivity index (χ0v) is 13.4. The van der Waals surface area contributed by atoms with Crippen molar-refractivity contribution in [2.75, 3.05) is 0 Å². The zero-order chi connectivity index (χ0) is 17.4. The van der Waals surface area contributed by atoms with Crippen molar-refractivity contribution in [1.82, 2.24) is 0 Å². The van der Waals surface area contributed by atoms with Crippen LogP contribution in [0.15, 0.2) is 73.8 Å². The predicted molar refractivity (Wildman–Crippen MR) is 92.9 cm³/mol. The summed E-state index contributed by atoms with van der Waals surface area (Å²) < 4.78 is 10.2. The standard InChI is InChI=1S/C20H20O4/c1-3-19(21)23-13-15-5-9-17(10-6-15)18-11-7-16(8-12-18)14-24-20(22)4-2/h3-12,19,21H,1-2,13-14H2. The van der Waals surface area contributed by atoms with Gasteiger partial charge in [0.1, 0.15) is 6.61 Å². The number of aliphatic hydroxyl groups excluding tert-OH is 1. The van der Waals surface area contributed by atoms with Crippen LogP contribution in [0.4, 0.5) is 0 Å². The van der Waals surface area contributed by atoms with Crippen molar-refractivity contribution < 1.29 is 19.4 Å². The Kier molecular flexibility index (Phi) is 6.49. The summed E-state index contributed by atoms with van der Waals surface area (Å²) in [6.07, 6.45) is 1.53. The van der Waals surface area contributed by atoms with Crippen LogP contribution in [-0.4, -0.2) is 17.4 Å². The molecule has 24 heavy (non-hydrogen) atoms. The van der Waals surface area contributed by atoms with Crippen LogP contribution in [0, 0.1) is 0 Å². The van der Waals surface area contributed by atoms with Crippen LogP contribution in [-0.2, 0) is 27.5 Å². The van der Waals surface area contributed by atoms with Gasteiger partial charge >= 0.3 is 5.97 Å². The van der Waals surface area contributed by atoms with E-state index in [9.17, 15) is 9.90 Å². The fourth-order valence-corrected chi connectivity index (χ4v) is 2.05. The lowest BCUT2D eigenvalue weighted by Gasteiger charge is -2.09. The van der Waals surface area contributed by atoms with Gasteiger partial charge in [-0.15, -0.1) is 0 Å². The van der Waals surface area contributed by atoms with Crippen molar-refractivity contribution in [3.8, 4) is 11.1 Å². The Bertz CT molecular complexity index is 687. The molecule has 0 heterocycles. The van der Waals surface area contributed by atoms with Gasteiger partial charge in [-0.05, 0) is 28.3 Å². The monoisotopic (exact) mass is 324 g/mol. The number of ether oxygens (including phenoxy) is 2. The third-order valence-electron chi connectivity index (χ3n) is 3.41. The van der Waals surface area contributed by atoms with E-state index in [4.69, 9.17) is 9.47 Å². The van der Waals surface area contributed by atoms with Gasteiger partial charge < -0.3 is 14.6 Å². The van der Waals surface area contributed by atoms with E-state index >= 15 is 0 Å². The zero-order valence-electron chi connectivity index (χ0n) is 13.4. The Morgan fingerprint density at radius 2 is 1.46 bits per heavy atom. The molecule has 1 unspecified atom stereocenters. The molecule has 0 spiro atoms. The molecule has 0 fully saturated rings. The van der Waals surface area contributed by atoms with E-state index in [0.29, 0.717) is 6.61 Å². The van der Waals surface area contributed by atoms with Crippen molar-refractivity contribution in [3.63, 3.8) is 0 Å². The normalized spacial score (nSPS) is 11.5. The molecule has 0 aliphatic carbocycles. The van der Waals surface area contributed by atoms with Gasteiger partial charge in [-0.3, -0.25) is 0 Å². The molecule has 1 atom stereocenters. The molecular weight excluding hydrogens is 304 g/mol. The van der Waals surface area contributed by atoms with Gasteiger partial charge in [0.25, 0.3) is 0 Å². The van der Waals surface area contributed by atoms with Gasteiger partial charge in [0.15, 0.2) is 6.29 Å². The van der Waals surface area contributed by atoms with Crippen LogP contribution in [0.2, 0.25) is 0 Å². The van der Waals surface area contributed by atoms with Crippen molar-refractivity contribution >= 4 is 5.97 Å². The van der Waals surface area contributed by atoms with E-state index in [2.05, 4.69) is 13.2 Å². The Hall–Kier alpha value is -2.69. The first kappa shape index (κ1) is 17.7. The Balaban J connectivity index is 1.97. The highest BCUT2D eigenvalue weighted by atomic mass is 16.6. The molecule has 124 valence electrons. The van der Waals surface area contributed by atoms with Crippen LogP contribution in [0.1, 0.15) is 11.1 Å². The van der Waals surface area contributed by atoms with Crippen LogP contribution >= 0.6 is 0 Å². The van der Waals surface area contributed by atoms with Crippen molar-refractivity contribution in [1.29, 1.82) is 0 Å². The van der Waals surface area contributed by atoms with E-state index in [1.165, 1.54) is 6.08 Å². The highest BCUT2D eigenvalue weighted by molar-refractivity contribution is 5.81. The van der Waals surface area contributed by atoms with Gasteiger partial charge in [-0.1, -0.05) is 61.7 Å². The number of carbonyl (C=O) groups is 1. The number of esters is 1. The molecule has 0 radical (unpaired) electrons. The highest BCUT2D eigenvalue weighted by Crippen LogP contribution is 2.21. The van der Waals surface area contributed by atoms with Crippen LogP contribution in [0.5, 0.6) is 0 Å². The first-order chi connectivity index (χ1) is 11.6. The maximum absolute atomic E-state index is 11.0. The molecule has 4 heteroatoms. The lowest BCUT2D eigenvalue weighted by atomic mass is 10.0. The number of benzene rings is 2. The molecule has 1 N–H and O–H groups in total. The number of rotatable bonds is 8. The summed E-state index contributed by atoms with van der Waals surface area (Å²) in [5.41, 5.74) is 4.01. The summed E-state index contributed by atoms with van der Waals surface area (Å²) in [6, 6.07) is 15.7. The Morgan fingerprint density at radius 3 is 1.92 bits per heavy atom. The maximum Gasteiger partial charge on any atom is 0.330 e. The summed E-state index contributed by atoms with van der Waals surface area (Å²) in [5.74, 6) is -0.432. The molecule has 4 nitrogen and oxygen atoms in total. The van der Waals surface area contributed by atoms with E-state index in [-0.39, 0.29) is 6.61 Å². The first-order valence-electron chi connectivity index (χ1n) is 7.52. The highest BCUT2D eigenvalue weighted by Gasteiger charge is 2.02. The van der Waals surface area contributed by atoms with Gasteiger partial charge in [0, 0.05) is 6.08 Å². The summed E-state index contributed by atoms with van der Waals surface area (Å²) in [6.45, 7) is 7.36. The van der Waals surface area contributed by atoms with Gasteiger partial charge in [0.2, 0.25) is 0 Å². The molecule has 0 aromatic heterocycles. The van der Waals surface area contributed by atoms with E-state index in [0.717, 1.165) is 28.3 Å². The fourth-order valence-electron chi connectivity index (χ4n) is 2.05. The van der Waals surface area contributed by atoms with Gasteiger partial charge in [0.05, 0.1) is 6.61 Å². The molecule has 0 bridgehead atoms. The maximum atomic E-state index is 11.0. The summed E-state index contributed by atoms with van der Waals surface area (Å²) in [4.78, 5) is 11.0. The van der Waals surface area contributed by atoms with Gasteiger partial charge in [-0.2, -0.15) is 0 Å². The SMILES string of the molecule is C=CC(=O)OCc1ccc(-c2ccc(COC(O)C=C)cc2)cc1. The first-order valence-corrected chi connectivity index (χ1v) is 7.52. The molecule has 2 aromatic rings. The molecule has 2 aromatic carbocycles. The largest absolute Gasteiger partial charge is 0.458 e. The Labute approximate surface area is 141 Å². The van der Waals surface area contributed by atoms with Crippen molar-refractivity contribution in [2.45, 2.75) is 19.5 Å². The summed E-state index contributed by atoms with van der Waals surface area (Å²) in [7, 11) is 0. The molecule has 0 aliphatic rings. The minimum Gasteiger partial charge on any atom is -0.458 e. The summed E-state index contributed by atoms with van der Waals surface area (Å²) in [5, 5.41) is 9.29. The average molecular weight is 324 g/mol. The molecular formula is C20H20O4. The number of hydrogen-bond donors (Lipinski definition) is 1. The van der Waals surface area contributed by atoms with Crippen LogP contribution < -0.4 is 0 Å². The van der Waals surface area contributed by atoms with Crippen LogP contribution in [0.3, 0.4) is 0 Å². The smallest absolute Gasteiger partial charge is 0.330 e. The second-order valence-corrected chi connectivity index (χ2v) is 5.14. The topological polar surface area (TPSA) is 55.8 Å². The number of aliphatic hydroxyl groups is 1. The molecule has 2 rings (SSSR count). The molecule has 0 amide bonds. The van der Waals surface area contributed by atoms with Crippen molar-refractivity contribution in [3.05, 3.63) is 85.0 Å². The molecule has 0 saturated carbocycles. The van der Waals surface area contributed by atoms with E-state index in [1.54, 1.807) is 0 Å². The molecule has 0 saturated heterocycles. The van der Waals surface area contributed by atoms with E-state index in [1.807, 2.05) is 48.5 Å². The number of hydrogen-bond acceptors (Lipinski definition) is 4. The fraction of sp³-hybridized carbons (Fsp3) is 0.150. The summed E-state index contributed by atoms with van der Waals surface area (Å²) >= 11 is 0.